The van der Waals surface area contributed by atoms with Gasteiger partial charge in [0.25, 0.3) is 0 Å². The molecule has 0 amide bonds. The van der Waals surface area contributed by atoms with E-state index in [1.54, 1.807) is 6.92 Å². The van der Waals surface area contributed by atoms with Crippen molar-refractivity contribution in [2.24, 2.45) is 5.92 Å². The molecule has 2 N–H and O–H groups in total. The summed E-state index contributed by atoms with van der Waals surface area (Å²) in [7, 11) is 0. The minimum absolute atomic E-state index is 0.364. The topological polar surface area (TPSA) is 83.8 Å². The molecule has 5 nitrogen and oxygen atoms in total. The van der Waals surface area contributed by atoms with E-state index < -0.39 is 28.9 Å². The van der Waals surface area contributed by atoms with Gasteiger partial charge in [-0.05, 0) is 12.8 Å². The molecular formula is C11H18O5S. The highest BCUT2D eigenvalue weighted by atomic mass is 32.2. The van der Waals surface area contributed by atoms with Gasteiger partial charge in [0, 0.05) is 19.1 Å². The summed E-state index contributed by atoms with van der Waals surface area (Å²) in [6, 6.07) is 0. The van der Waals surface area contributed by atoms with Gasteiger partial charge < -0.3 is 14.9 Å². The number of aliphatic carboxylic acids is 1. The summed E-state index contributed by atoms with van der Waals surface area (Å²) in [6.07, 6.45) is 1.82. The number of rotatable bonds is 7. The monoisotopic (exact) mass is 262 g/mol. The van der Waals surface area contributed by atoms with E-state index in [4.69, 9.17) is 9.84 Å². The van der Waals surface area contributed by atoms with Gasteiger partial charge >= 0.3 is 11.9 Å². The van der Waals surface area contributed by atoms with Crippen LogP contribution >= 0.6 is 11.8 Å². The maximum Gasteiger partial charge on any atom is 0.307 e. The first-order chi connectivity index (χ1) is 7.82. The first kappa shape index (κ1) is 14.3. The number of carbonyl (C=O) groups is 2. The number of carboxylic acid groups (broad SMARTS) is 1. The standard InChI is InChI=1S/C11H18O5S/c1-7(10(13)14)6-17-9(16-8(2)12)5-11(15)3-4-11/h7,9,15H,3-6H2,1-2H3,(H,13,14). The van der Waals surface area contributed by atoms with Crippen molar-refractivity contribution in [1.29, 1.82) is 0 Å². The number of carbonyl (C=O) groups excluding carboxylic acids is 1. The van der Waals surface area contributed by atoms with E-state index in [0.29, 0.717) is 12.2 Å². The molecule has 0 aliphatic heterocycles. The Morgan fingerprint density at radius 2 is 2.06 bits per heavy atom. The molecule has 0 spiro atoms. The van der Waals surface area contributed by atoms with Gasteiger partial charge in [-0.1, -0.05) is 6.92 Å². The average Bonchev–Trinajstić information content (AvgIpc) is 2.91. The molecule has 2 unspecified atom stereocenters. The normalized spacial score (nSPS) is 20.4. The summed E-state index contributed by atoms with van der Waals surface area (Å²) in [5.74, 6) is -1.41. The van der Waals surface area contributed by atoms with E-state index in [1.807, 2.05) is 0 Å². The lowest BCUT2D eigenvalue weighted by atomic mass is 10.2. The average molecular weight is 262 g/mol. The van der Waals surface area contributed by atoms with Crippen molar-refractivity contribution in [3.8, 4) is 0 Å². The zero-order valence-electron chi connectivity index (χ0n) is 10.0. The smallest absolute Gasteiger partial charge is 0.307 e. The lowest BCUT2D eigenvalue weighted by Crippen LogP contribution is -2.23. The van der Waals surface area contributed by atoms with Gasteiger partial charge in [0.05, 0.1) is 11.5 Å². The fraction of sp³-hybridized carbons (Fsp3) is 0.818. The van der Waals surface area contributed by atoms with Gasteiger partial charge in [0.15, 0.2) is 0 Å². The number of ether oxygens (including phenoxy) is 1. The van der Waals surface area contributed by atoms with Crippen LogP contribution < -0.4 is 0 Å². The molecule has 1 saturated carbocycles. The van der Waals surface area contributed by atoms with Crippen molar-refractivity contribution in [2.45, 2.75) is 44.1 Å². The van der Waals surface area contributed by atoms with E-state index in [2.05, 4.69) is 0 Å². The highest BCUT2D eigenvalue weighted by Gasteiger charge is 2.43. The second-order valence-electron chi connectivity index (χ2n) is 4.54. The minimum Gasteiger partial charge on any atom is -0.481 e. The van der Waals surface area contributed by atoms with Crippen molar-refractivity contribution in [1.82, 2.24) is 0 Å². The van der Waals surface area contributed by atoms with Crippen molar-refractivity contribution >= 4 is 23.7 Å². The Morgan fingerprint density at radius 1 is 1.47 bits per heavy atom. The van der Waals surface area contributed by atoms with Crippen LogP contribution in [0, 0.1) is 5.92 Å². The van der Waals surface area contributed by atoms with Crippen LogP contribution in [-0.2, 0) is 14.3 Å². The summed E-state index contributed by atoms with van der Waals surface area (Å²) in [4.78, 5) is 21.6. The third kappa shape index (κ3) is 5.41. The van der Waals surface area contributed by atoms with E-state index in [0.717, 1.165) is 12.8 Å². The Labute approximate surface area is 105 Å². The van der Waals surface area contributed by atoms with Crippen LogP contribution in [0.25, 0.3) is 0 Å². The van der Waals surface area contributed by atoms with Crippen LogP contribution in [0.4, 0.5) is 0 Å². The molecule has 17 heavy (non-hydrogen) atoms. The fourth-order valence-corrected chi connectivity index (χ4v) is 2.58. The van der Waals surface area contributed by atoms with Gasteiger partial charge in [-0.15, -0.1) is 11.8 Å². The Hall–Kier alpha value is -0.750. The molecule has 2 atom stereocenters. The predicted molar refractivity (Wildman–Crippen MR) is 63.6 cm³/mol. The van der Waals surface area contributed by atoms with E-state index in [9.17, 15) is 14.7 Å². The first-order valence-electron chi connectivity index (χ1n) is 5.56. The van der Waals surface area contributed by atoms with Crippen molar-refractivity contribution < 1.29 is 24.5 Å². The van der Waals surface area contributed by atoms with Crippen LogP contribution in [-0.4, -0.2) is 38.9 Å². The fourth-order valence-electron chi connectivity index (χ4n) is 1.30. The van der Waals surface area contributed by atoms with E-state index in [-0.39, 0.29) is 0 Å². The lowest BCUT2D eigenvalue weighted by Gasteiger charge is -2.20. The number of hydrogen-bond donors (Lipinski definition) is 2. The molecule has 98 valence electrons. The SMILES string of the molecule is CC(=O)OC(CC1(O)CC1)SCC(C)C(=O)O. The van der Waals surface area contributed by atoms with Crippen LogP contribution in [0.2, 0.25) is 0 Å². The van der Waals surface area contributed by atoms with E-state index >= 15 is 0 Å². The number of esters is 1. The Kier molecular flexibility index (Phi) is 4.82. The maximum atomic E-state index is 10.9. The van der Waals surface area contributed by atoms with Crippen molar-refractivity contribution in [2.75, 3.05) is 5.75 Å². The molecule has 0 aromatic carbocycles. The zero-order chi connectivity index (χ0) is 13.1. The van der Waals surface area contributed by atoms with Crippen LogP contribution in [0.3, 0.4) is 0 Å². The third-order valence-corrected chi connectivity index (χ3v) is 3.95. The van der Waals surface area contributed by atoms with Crippen LogP contribution in [0.15, 0.2) is 0 Å². The molecule has 0 bridgehead atoms. The van der Waals surface area contributed by atoms with Gasteiger partial charge in [-0.2, -0.15) is 0 Å². The first-order valence-corrected chi connectivity index (χ1v) is 6.61. The van der Waals surface area contributed by atoms with Crippen molar-refractivity contribution in [3.63, 3.8) is 0 Å². The largest absolute Gasteiger partial charge is 0.481 e. The third-order valence-electron chi connectivity index (χ3n) is 2.62. The molecule has 1 aliphatic carbocycles. The summed E-state index contributed by atoms with van der Waals surface area (Å²) < 4.78 is 5.07. The minimum atomic E-state index is -0.871. The second-order valence-corrected chi connectivity index (χ2v) is 5.73. The summed E-state index contributed by atoms with van der Waals surface area (Å²) in [5, 5.41) is 18.5. The number of aliphatic hydroxyl groups is 1. The van der Waals surface area contributed by atoms with Gasteiger partial charge in [-0.25, -0.2) is 0 Å². The van der Waals surface area contributed by atoms with Gasteiger partial charge in [0.1, 0.15) is 5.44 Å². The lowest BCUT2D eigenvalue weighted by molar-refractivity contribution is -0.143. The molecule has 6 heteroatoms. The molecule has 0 heterocycles. The number of hydrogen-bond acceptors (Lipinski definition) is 5. The highest BCUT2D eigenvalue weighted by Crippen LogP contribution is 2.42. The molecule has 0 radical (unpaired) electrons. The van der Waals surface area contributed by atoms with Crippen LogP contribution in [0.5, 0.6) is 0 Å². The summed E-state index contributed by atoms with van der Waals surface area (Å²) in [5.41, 5.74) is -1.17. The molecule has 1 aliphatic rings. The molecular weight excluding hydrogens is 244 g/mol. The molecule has 0 aromatic rings. The quantitative estimate of drug-likeness (QED) is 0.530. The molecule has 1 rings (SSSR count). The Morgan fingerprint density at radius 3 is 2.47 bits per heavy atom. The summed E-state index contributed by atoms with van der Waals surface area (Å²) >= 11 is 1.27. The maximum absolute atomic E-state index is 10.9. The molecule has 0 saturated heterocycles. The summed E-state index contributed by atoms with van der Waals surface area (Å²) in [6.45, 7) is 2.91. The highest BCUT2D eigenvalue weighted by molar-refractivity contribution is 7.99. The second kappa shape index (κ2) is 5.73. The van der Waals surface area contributed by atoms with Crippen molar-refractivity contribution in [3.05, 3.63) is 0 Å². The number of carboxylic acids is 1. The van der Waals surface area contributed by atoms with Crippen LogP contribution in [0.1, 0.15) is 33.1 Å². The number of thioether (sulfide) groups is 1. The van der Waals surface area contributed by atoms with Gasteiger partial charge in [-0.3, -0.25) is 9.59 Å². The van der Waals surface area contributed by atoms with E-state index in [1.165, 1.54) is 18.7 Å². The Balaban J connectivity index is 2.40. The predicted octanol–water partition coefficient (Wildman–Crippen LogP) is 1.24. The van der Waals surface area contributed by atoms with Gasteiger partial charge in [0.2, 0.25) is 0 Å². The molecule has 1 fully saturated rings. The zero-order valence-corrected chi connectivity index (χ0v) is 10.8. The Bertz CT molecular complexity index is 300. The molecule has 0 aromatic heterocycles.